The first-order valence-corrected chi connectivity index (χ1v) is 8.93. The zero-order chi connectivity index (χ0) is 15.2. The van der Waals surface area contributed by atoms with Crippen molar-refractivity contribution in [1.82, 2.24) is 15.0 Å². The summed E-state index contributed by atoms with van der Waals surface area (Å²) in [5.41, 5.74) is 3.02. The van der Waals surface area contributed by atoms with Crippen molar-refractivity contribution in [2.75, 3.05) is 18.6 Å². The van der Waals surface area contributed by atoms with E-state index in [9.17, 15) is 0 Å². The summed E-state index contributed by atoms with van der Waals surface area (Å²) < 4.78 is 1.21. The van der Waals surface area contributed by atoms with Gasteiger partial charge in [0.15, 0.2) is 0 Å². The summed E-state index contributed by atoms with van der Waals surface area (Å²) in [7, 11) is 1.92. The number of nitrogens with zero attached hydrogens (tertiary/aromatic N) is 2. The third-order valence-corrected chi connectivity index (χ3v) is 4.84. The minimum absolute atomic E-state index is 0.893. The second kappa shape index (κ2) is 7.47. The van der Waals surface area contributed by atoms with Crippen molar-refractivity contribution in [1.29, 1.82) is 0 Å². The van der Waals surface area contributed by atoms with Gasteiger partial charge in [0, 0.05) is 24.8 Å². The summed E-state index contributed by atoms with van der Waals surface area (Å²) in [6.07, 6.45) is 8.99. The number of anilines is 1. The quantitative estimate of drug-likeness (QED) is 0.676. The summed E-state index contributed by atoms with van der Waals surface area (Å²) in [5.74, 6) is 0. The van der Waals surface area contributed by atoms with Crippen molar-refractivity contribution in [3.8, 4) is 10.6 Å². The maximum Gasteiger partial charge on any atom is 0.139 e. The first kappa shape index (κ1) is 15.9. The highest BCUT2D eigenvalue weighted by molar-refractivity contribution is 8.00. The van der Waals surface area contributed by atoms with Gasteiger partial charge < -0.3 is 10.3 Å². The molecule has 0 fully saturated rings. The normalized spacial score (nSPS) is 10.3. The number of aromatic amines is 1. The molecule has 0 amide bonds. The average Bonchev–Trinajstić information content (AvgIpc) is 3.15. The molecule has 6 heteroatoms. The van der Waals surface area contributed by atoms with Crippen LogP contribution in [-0.4, -0.2) is 28.3 Å². The first-order chi connectivity index (χ1) is 10.2. The van der Waals surface area contributed by atoms with Crippen LogP contribution in [0.1, 0.15) is 20.3 Å². The third kappa shape index (κ3) is 3.39. The van der Waals surface area contributed by atoms with Gasteiger partial charge in [-0.15, -0.1) is 23.1 Å². The van der Waals surface area contributed by atoms with Crippen LogP contribution in [-0.2, 0) is 0 Å². The standard InChI is InChI=1S/C12H12N4S2.C3H8/c1-13-10-7-3-4-14-11(7)15-5-8(10)12-16-6-9(17-2)18-12;1-3-2/h3-6H,1-2H3,(H2,13,14,15);3H2,1-2H3. The number of fused-ring (bicyclic) bond motifs is 1. The Morgan fingerprint density at radius 1 is 1.29 bits per heavy atom. The molecule has 0 saturated carbocycles. The van der Waals surface area contributed by atoms with Crippen molar-refractivity contribution in [2.24, 2.45) is 0 Å². The third-order valence-electron chi connectivity index (χ3n) is 2.75. The van der Waals surface area contributed by atoms with E-state index in [4.69, 9.17) is 0 Å². The Hall–Kier alpha value is -1.53. The monoisotopic (exact) mass is 320 g/mol. The largest absolute Gasteiger partial charge is 0.387 e. The number of H-pyrrole nitrogens is 1. The number of rotatable bonds is 3. The summed E-state index contributed by atoms with van der Waals surface area (Å²) in [5, 5.41) is 5.34. The average molecular weight is 320 g/mol. The van der Waals surface area contributed by atoms with E-state index >= 15 is 0 Å². The molecule has 0 saturated heterocycles. The molecule has 3 aromatic rings. The number of thiazole rings is 1. The van der Waals surface area contributed by atoms with Gasteiger partial charge in [0.05, 0.1) is 21.7 Å². The Kier molecular flexibility index (Phi) is 5.64. The molecule has 112 valence electrons. The van der Waals surface area contributed by atoms with Crippen molar-refractivity contribution >= 4 is 39.8 Å². The smallest absolute Gasteiger partial charge is 0.139 e. The van der Waals surface area contributed by atoms with Gasteiger partial charge >= 0.3 is 0 Å². The lowest BCUT2D eigenvalue weighted by molar-refractivity contribution is 1.09. The predicted octanol–water partition coefficient (Wildman–Crippen LogP) is 4.87. The lowest BCUT2D eigenvalue weighted by atomic mass is 10.2. The molecule has 21 heavy (non-hydrogen) atoms. The molecule has 2 N–H and O–H groups in total. The van der Waals surface area contributed by atoms with Gasteiger partial charge in [0.1, 0.15) is 10.7 Å². The van der Waals surface area contributed by atoms with Gasteiger partial charge in [0.25, 0.3) is 0 Å². The molecule has 0 unspecified atom stereocenters. The molecule has 0 spiro atoms. The van der Waals surface area contributed by atoms with Crippen molar-refractivity contribution < 1.29 is 0 Å². The lowest BCUT2D eigenvalue weighted by Crippen LogP contribution is -1.94. The fraction of sp³-hybridized carbons (Fsp3) is 0.333. The number of aromatic nitrogens is 3. The number of nitrogens with one attached hydrogen (secondary N) is 2. The highest BCUT2D eigenvalue weighted by Gasteiger charge is 2.13. The maximum atomic E-state index is 4.46. The molecule has 3 aromatic heterocycles. The molecule has 3 rings (SSSR count). The molecule has 0 atom stereocenters. The van der Waals surface area contributed by atoms with Gasteiger partial charge in [-0.25, -0.2) is 9.97 Å². The zero-order valence-electron chi connectivity index (χ0n) is 12.7. The highest BCUT2D eigenvalue weighted by atomic mass is 32.2. The van der Waals surface area contributed by atoms with Crippen molar-refractivity contribution in [2.45, 2.75) is 24.5 Å². The first-order valence-electron chi connectivity index (χ1n) is 6.89. The van der Waals surface area contributed by atoms with Crippen molar-refractivity contribution in [3.05, 3.63) is 24.7 Å². The van der Waals surface area contributed by atoms with Crippen molar-refractivity contribution in [3.63, 3.8) is 0 Å². The minimum Gasteiger partial charge on any atom is -0.387 e. The molecule has 4 nitrogen and oxygen atoms in total. The number of pyridine rings is 1. The van der Waals surface area contributed by atoms with E-state index in [1.54, 1.807) is 23.1 Å². The second-order valence-electron chi connectivity index (χ2n) is 4.43. The Morgan fingerprint density at radius 3 is 2.67 bits per heavy atom. The van der Waals surface area contributed by atoms with Gasteiger partial charge in [-0.3, -0.25) is 0 Å². The topological polar surface area (TPSA) is 53.6 Å². The van der Waals surface area contributed by atoms with Crippen LogP contribution in [0.5, 0.6) is 0 Å². The molecule has 0 aliphatic heterocycles. The molecule has 0 radical (unpaired) electrons. The Balaban J connectivity index is 0.000000497. The molecular formula is C15H20N4S2. The molecule has 0 bridgehead atoms. The highest BCUT2D eigenvalue weighted by Crippen LogP contribution is 2.36. The molecular weight excluding hydrogens is 300 g/mol. The van der Waals surface area contributed by atoms with E-state index in [1.165, 1.54) is 10.6 Å². The van der Waals surface area contributed by atoms with E-state index in [0.29, 0.717) is 0 Å². The minimum atomic E-state index is 0.893. The van der Waals surface area contributed by atoms with Crippen LogP contribution < -0.4 is 5.32 Å². The maximum absolute atomic E-state index is 4.46. The van der Waals surface area contributed by atoms with Crippen LogP contribution in [0, 0.1) is 0 Å². The number of hydrogen-bond acceptors (Lipinski definition) is 5. The molecule has 3 heterocycles. The summed E-state index contributed by atoms with van der Waals surface area (Å²) in [6, 6.07) is 2.03. The molecule has 0 aliphatic rings. The number of thioether (sulfide) groups is 1. The van der Waals surface area contributed by atoms with Crippen LogP contribution in [0.15, 0.2) is 28.9 Å². The van der Waals surface area contributed by atoms with Gasteiger partial charge in [0.2, 0.25) is 0 Å². The van der Waals surface area contributed by atoms with E-state index in [0.717, 1.165) is 27.3 Å². The van der Waals surface area contributed by atoms with E-state index in [-0.39, 0.29) is 0 Å². The number of hydrogen-bond donors (Lipinski definition) is 2. The van der Waals surface area contributed by atoms with E-state index in [2.05, 4.69) is 40.4 Å². The zero-order valence-corrected chi connectivity index (χ0v) is 14.4. The lowest BCUT2D eigenvalue weighted by Gasteiger charge is -2.07. The second-order valence-corrected chi connectivity index (χ2v) is 6.57. The van der Waals surface area contributed by atoms with Gasteiger partial charge in [-0.2, -0.15) is 0 Å². The summed E-state index contributed by atoms with van der Waals surface area (Å²) in [6.45, 7) is 4.25. The summed E-state index contributed by atoms with van der Waals surface area (Å²) in [4.78, 5) is 12.0. The SMILES string of the molecule is CCC.CNc1c(-c2ncc(SC)s2)cnc2[nH]ccc12. The van der Waals surface area contributed by atoms with Crippen LogP contribution in [0.2, 0.25) is 0 Å². The van der Waals surface area contributed by atoms with Crippen LogP contribution in [0.3, 0.4) is 0 Å². The fourth-order valence-corrected chi connectivity index (χ4v) is 3.31. The Morgan fingerprint density at radius 2 is 2.05 bits per heavy atom. The fourth-order valence-electron chi connectivity index (χ4n) is 1.92. The van der Waals surface area contributed by atoms with E-state index < -0.39 is 0 Å². The van der Waals surface area contributed by atoms with Gasteiger partial charge in [-0.05, 0) is 12.3 Å². The van der Waals surface area contributed by atoms with Crippen LogP contribution in [0.4, 0.5) is 5.69 Å². The van der Waals surface area contributed by atoms with Crippen LogP contribution >= 0.6 is 23.1 Å². The Labute approximate surface area is 133 Å². The predicted molar refractivity (Wildman–Crippen MR) is 94.5 cm³/mol. The van der Waals surface area contributed by atoms with Gasteiger partial charge in [-0.1, -0.05) is 20.3 Å². The molecule has 0 aliphatic carbocycles. The Bertz CT molecular complexity index is 703. The van der Waals surface area contributed by atoms with E-state index in [1.807, 2.05) is 31.7 Å². The summed E-state index contributed by atoms with van der Waals surface area (Å²) >= 11 is 3.40. The molecule has 0 aromatic carbocycles. The van der Waals surface area contributed by atoms with Crippen LogP contribution in [0.25, 0.3) is 21.6 Å².